The maximum absolute atomic E-state index is 10.8. The number of nitrogens with one attached hydrogen (secondary N) is 1. The average molecular weight is 182 g/mol. The van der Waals surface area contributed by atoms with Crippen molar-refractivity contribution in [3.63, 3.8) is 0 Å². The van der Waals surface area contributed by atoms with E-state index in [2.05, 4.69) is 5.32 Å². The summed E-state index contributed by atoms with van der Waals surface area (Å²) < 4.78 is 0. The molecule has 64 valence electrons. The first-order valence-electron chi connectivity index (χ1n) is 3.81. The van der Waals surface area contributed by atoms with Gasteiger partial charge in [-0.25, -0.2) is 0 Å². The lowest BCUT2D eigenvalue weighted by atomic mass is 9.99. The molecule has 1 amide bonds. The zero-order valence-electron chi connectivity index (χ0n) is 6.70. The number of carbonyl (C=O) groups is 1. The molecule has 0 bridgehead atoms. The Morgan fingerprint density at radius 3 is 2.75 bits per heavy atom. The summed E-state index contributed by atoms with van der Waals surface area (Å²) in [5.74, 6) is -0.0500. The molecule has 2 heterocycles. The second-order valence-electron chi connectivity index (χ2n) is 2.96. The Balaban J connectivity index is 2.17. The minimum absolute atomic E-state index is 0.0500. The molecule has 0 radical (unpaired) electrons. The van der Waals surface area contributed by atoms with Gasteiger partial charge in [-0.2, -0.15) is 0 Å². The summed E-state index contributed by atoms with van der Waals surface area (Å²) in [6, 6.07) is 3.76. The van der Waals surface area contributed by atoms with E-state index in [9.17, 15) is 4.79 Å². The summed E-state index contributed by atoms with van der Waals surface area (Å²) in [4.78, 5) is 13.2. The molecule has 1 aromatic rings. The molecule has 1 saturated heterocycles. The van der Waals surface area contributed by atoms with E-state index in [0.717, 1.165) is 4.88 Å². The summed E-state index contributed by atoms with van der Waals surface area (Å²) in [6.45, 7) is 2.04. The zero-order valence-corrected chi connectivity index (χ0v) is 7.52. The number of hydrogen-bond donors (Lipinski definition) is 2. The minimum Gasteiger partial charge on any atom is -0.345 e. The molecule has 1 aliphatic rings. The van der Waals surface area contributed by atoms with E-state index < -0.39 is 0 Å². The first-order chi connectivity index (χ1) is 5.68. The predicted molar refractivity (Wildman–Crippen MR) is 47.9 cm³/mol. The Kier molecular flexibility index (Phi) is 1.66. The smallest absolute Gasteiger partial charge is 0.240 e. The second kappa shape index (κ2) is 2.57. The molecule has 0 aromatic carbocycles. The average Bonchev–Trinajstić information content (AvgIpc) is 2.46. The lowest BCUT2D eigenvalue weighted by Crippen LogP contribution is -2.60. The third kappa shape index (κ3) is 1.04. The monoisotopic (exact) mass is 182 g/mol. The van der Waals surface area contributed by atoms with Crippen LogP contribution in [-0.4, -0.2) is 11.9 Å². The zero-order chi connectivity index (χ0) is 8.72. The van der Waals surface area contributed by atoms with Crippen LogP contribution >= 0.6 is 11.3 Å². The van der Waals surface area contributed by atoms with Crippen LogP contribution in [0, 0.1) is 6.92 Å². The number of rotatable bonds is 1. The van der Waals surface area contributed by atoms with Gasteiger partial charge in [-0.15, -0.1) is 11.3 Å². The maximum atomic E-state index is 10.8. The van der Waals surface area contributed by atoms with Crippen molar-refractivity contribution in [3.8, 4) is 0 Å². The highest BCUT2D eigenvalue weighted by Gasteiger charge is 2.37. The Labute approximate surface area is 74.6 Å². The van der Waals surface area contributed by atoms with Crippen LogP contribution in [-0.2, 0) is 4.79 Å². The third-order valence-corrected chi connectivity index (χ3v) is 3.11. The summed E-state index contributed by atoms with van der Waals surface area (Å²) in [6.07, 6.45) is 0. The number of aryl methyl sites for hydroxylation is 1. The molecule has 0 aliphatic carbocycles. The fourth-order valence-electron chi connectivity index (χ4n) is 1.26. The highest BCUT2D eigenvalue weighted by atomic mass is 32.1. The van der Waals surface area contributed by atoms with Crippen molar-refractivity contribution in [2.24, 2.45) is 5.73 Å². The number of β-lactam (4-membered cyclic amide) rings is 1. The largest absolute Gasteiger partial charge is 0.345 e. The molecule has 1 aromatic heterocycles. The molecule has 3 N–H and O–H groups in total. The van der Waals surface area contributed by atoms with Crippen LogP contribution in [0.5, 0.6) is 0 Å². The van der Waals surface area contributed by atoms with Crippen LogP contribution in [0.15, 0.2) is 12.1 Å². The molecule has 1 fully saturated rings. The van der Waals surface area contributed by atoms with Gasteiger partial charge >= 0.3 is 0 Å². The quantitative estimate of drug-likeness (QED) is 0.623. The predicted octanol–water partition coefficient (Wildman–Crippen LogP) is 0.555. The minimum atomic E-state index is -0.344. The Morgan fingerprint density at radius 2 is 2.33 bits per heavy atom. The molecule has 3 nitrogen and oxygen atoms in total. The van der Waals surface area contributed by atoms with Gasteiger partial charge in [0.05, 0.1) is 6.04 Å². The Morgan fingerprint density at radius 1 is 1.58 bits per heavy atom. The normalized spacial score (nSPS) is 28.0. The Hall–Kier alpha value is -0.870. The summed E-state index contributed by atoms with van der Waals surface area (Å²) in [5.41, 5.74) is 5.60. The fraction of sp³-hybridized carbons (Fsp3) is 0.375. The van der Waals surface area contributed by atoms with Crippen molar-refractivity contribution < 1.29 is 4.79 Å². The third-order valence-electron chi connectivity index (χ3n) is 2.03. The standard InChI is InChI=1S/C8H10N2OS/c1-4-2-3-5(12-4)7-6(9)8(11)10-7/h2-3,6-7H,9H2,1H3,(H,10,11). The highest BCUT2D eigenvalue weighted by molar-refractivity contribution is 7.12. The maximum Gasteiger partial charge on any atom is 0.240 e. The van der Waals surface area contributed by atoms with Crippen LogP contribution in [0.4, 0.5) is 0 Å². The van der Waals surface area contributed by atoms with Gasteiger partial charge in [0.15, 0.2) is 0 Å². The van der Waals surface area contributed by atoms with Gasteiger partial charge in [0.2, 0.25) is 5.91 Å². The SMILES string of the molecule is Cc1ccc(C2NC(=O)C2N)s1. The molecular formula is C8H10N2OS. The number of nitrogens with two attached hydrogens (primary N) is 1. The summed E-state index contributed by atoms with van der Waals surface area (Å²) >= 11 is 1.68. The van der Waals surface area contributed by atoms with Crippen LogP contribution in [0.2, 0.25) is 0 Å². The second-order valence-corrected chi connectivity index (χ2v) is 4.28. The van der Waals surface area contributed by atoms with Crippen LogP contribution in [0.25, 0.3) is 0 Å². The van der Waals surface area contributed by atoms with E-state index >= 15 is 0 Å². The molecule has 1 aliphatic heterocycles. The van der Waals surface area contributed by atoms with Crippen LogP contribution in [0.3, 0.4) is 0 Å². The molecule has 12 heavy (non-hydrogen) atoms. The van der Waals surface area contributed by atoms with Gasteiger partial charge in [-0.1, -0.05) is 0 Å². The van der Waals surface area contributed by atoms with E-state index in [-0.39, 0.29) is 18.0 Å². The van der Waals surface area contributed by atoms with E-state index in [1.54, 1.807) is 11.3 Å². The van der Waals surface area contributed by atoms with Crippen molar-refractivity contribution in [2.45, 2.75) is 19.0 Å². The van der Waals surface area contributed by atoms with Crippen LogP contribution < -0.4 is 11.1 Å². The van der Waals surface area contributed by atoms with Crippen molar-refractivity contribution in [3.05, 3.63) is 21.9 Å². The molecule has 0 spiro atoms. The van der Waals surface area contributed by atoms with Crippen molar-refractivity contribution in [1.29, 1.82) is 0 Å². The van der Waals surface area contributed by atoms with E-state index in [1.807, 2.05) is 19.1 Å². The number of carbonyl (C=O) groups excluding carboxylic acids is 1. The molecule has 0 saturated carbocycles. The van der Waals surface area contributed by atoms with Gasteiger partial charge in [0.1, 0.15) is 6.04 Å². The molecular weight excluding hydrogens is 172 g/mol. The number of amides is 1. The lowest BCUT2D eigenvalue weighted by molar-refractivity contribution is -0.130. The van der Waals surface area contributed by atoms with Gasteiger partial charge < -0.3 is 11.1 Å². The number of thiophene rings is 1. The van der Waals surface area contributed by atoms with Gasteiger partial charge in [-0.05, 0) is 19.1 Å². The molecule has 4 heteroatoms. The lowest BCUT2D eigenvalue weighted by Gasteiger charge is -2.32. The van der Waals surface area contributed by atoms with Crippen molar-refractivity contribution in [2.75, 3.05) is 0 Å². The van der Waals surface area contributed by atoms with Crippen LogP contribution in [0.1, 0.15) is 15.8 Å². The van der Waals surface area contributed by atoms with Gasteiger partial charge in [0, 0.05) is 9.75 Å². The first kappa shape index (κ1) is 7.76. The first-order valence-corrected chi connectivity index (χ1v) is 4.62. The van der Waals surface area contributed by atoms with E-state index in [4.69, 9.17) is 5.73 Å². The number of hydrogen-bond acceptors (Lipinski definition) is 3. The fourth-order valence-corrected chi connectivity index (χ4v) is 2.24. The summed E-state index contributed by atoms with van der Waals surface area (Å²) in [5, 5.41) is 2.77. The topological polar surface area (TPSA) is 55.1 Å². The van der Waals surface area contributed by atoms with Gasteiger partial charge in [-0.3, -0.25) is 4.79 Å². The Bertz CT molecular complexity index is 321. The van der Waals surface area contributed by atoms with E-state index in [1.165, 1.54) is 4.88 Å². The van der Waals surface area contributed by atoms with Crippen molar-refractivity contribution >= 4 is 17.2 Å². The molecule has 2 unspecified atom stereocenters. The highest BCUT2D eigenvalue weighted by Crippen LogP contribution is 2.28. The molecule has 2 rings (SSSR count). The van der Waals surface area contributed by atoms with Crippen molar-refractivity contribution in [1.82, 2.24) is 5.32 Å². The van der Waals surface area contributed by atoms with E-state index in [0.29, 0.717) is 0 Å². The summed E-state index contributed by atoms with van der Waals surface area (Å²) in [7, 11) is 0. The molecule has 2 atom stereocenters. The van der Waals surface area contributed by atoms with Gasteiger partial charge in [0.25, 0.3) is 0 Å².